The first kappa shape index (κ1) is 31.0. The first-order valence-electron chi connectivity index (χ1n) is 13.2. The average Bonchev–Trinajstić information content (AvgIpc) is 2.93. The second-order valence-electron chi connectivity index (χ2n) is 9.72. The summed E-state index contributed by atoms with van der Waals surface area (Å²) >= 11 is 0. The van der Waals surface area contributed by atoms with E-state index in [2.05, 4.69) is 15.0 Å². The van der Waals surface area contributed by atoms with Gasteiger partial charge >= 0.3 is 12.3 Å². The monoisotopic (exact) mass is 605 g/mol. The molecule has 9 nitrogen and oxygen atoms in total. The van der Waals surface area contributed by atoms with Crippen LogP contribution >= 0.6 is 0 Å². The van der Waals surface area contributed by atoms with Gasteiger partial charge in [0.05, 0.1) is 16.9 Å². The molecule has 0 radical (unpaired) electrons. The maximum atomic E-state index is 13.2. The van der Waals surface area contributed by atoms with Crippen LogP contribution in [0.5, 0.6) is 5.75 Å². The number of piperazine rings is 1. The maximum Gasteiger partial charge on any atom is 0.573 e. The largest absolute Gasteiger partial charge is 0.573 e. The number of hydrogen-bond donors (Lipinski definition) is 2. The second-order valence-corrected chi connectivity index (χ2v) is 11.8. The molecule has 0 bridgehead atoms. The molecular weight excluding hydrogens is 575 g/mol. The van der Waals surface area contributed by atoms with Gasteiger partial charge in [-0.05, 0) is 41.8 Å². The lowest BCUT2D eigenvalue weighted by Gasteiger charge is -2.34. The zero-order valence-electron chi connectivity index (χ0n) is 22.7. The van der Waals surface area contributed by atoms with Gasteiger partial charge in [-0.3, -0.25) is 9.69 Å². The SMILES string of the molecule is CCCS(=O)(=O)N1CCN(Cc2ccc(NC(=O)c3ccc(OC(F)(F)F)c(-c4ccccc4)c3C(=O)O)cc2)CC1. The molecule has 0 aromatic heterocycles. The van der Waals surface area contributed by atoms with Gasteiger partial charge in [0.15, 0.2) is 0 Å². The van der Waals surface area contributed by atoms with Gasteiger partial charge in [-0.2, -0.15) is 4.31 Å². The Labute approximate surface area is 241 Å². The molecule has 13 heteroatoms. The van der Waals surface area contributed by atoms with E-state index in [0.717, 1.165) is 17.7 Å². The summed E-state index contributed by atoms with van der Waals surface area (Å²) in [6, 6.07) is 16.3. The molecule has 0 saturated carbocycles. The van der Waals surface area contributed by atoms with Crippen LogP contribution in [0.25, 0.3) is 11.1 Å². The Morgan fingerprint density at radius 2 is 1.60 bits per heavy atom. The van der Waals surface area contributed by atoms with Crippen molar-refractivity contribution in [2.45, 2.75) is 26.3 Å². The number of nitrogens with one attached hydrogen (secondary N) is 1. The normalized spacial score (nSPS) is 14.9. The van der Waals surface area contributed by atoms with Crippen molar-refractivity contribution < 1.29 is 41.0 Å². The third-order valence-electron chi connectivity index (χ3n) is 6.72. The van der Waals surface area contributed by atoms with Crippen molar-refractivity contribution in [2.75, 3.05) is 37.2 Å². The lowest BCUT2D eigenvalue weighted by Crippen LogP contribution is -2.48. The van der Waals surface area contributed by atoms with Crippen LogP contribution in [0.2, 0.25) is 0 Å². The Balaban J connectivity index is 1.50. The van der Waals surface area contributed by atoms with E-state index in [1.165, 1.54) is 28.6 Å². The van der Waals surface area contributed by atoms with E-state index in [-0.39, 0.29) is 22.4 Å². The molecule has 1 aliphatic heterocycles. The van der Waals surface area contributed by atoms with Gasteiger partial charge < -0.3 is 15.2 Å². The van der Waals surface area contributed by atoms with Crippen LogP contribution < -0.4 is 10.1 Å². The highest BCUT2D eigenvalue weighted by Gasteiger charge is 2.35. The number of nitrogens with zero attached hydrogens (tertiary/aromatic N) is 2. The highest BCUT2D eigenvalue weighted by molar-refractivity contribution is 7.89. The van der Waals surface area contributed by atoms with Gasteiger partial charge in [0.25, 0.3) is 5.91 Å². The zero-order chi connectivity index (χ0) is 30.5. The minimum atomic E-state index is -5.08. The van der Waals surface area contributed by atoms with Crippen molar-refractivity contribution in [3.63, 3.8) is 0 Å². The molecule has 1 heterocycles. The van der Waals surface area contributed by atoms with Crippen LogP contribution in [0.15, 0.2) is 66.7 Å². The van der Waals surface area contributed by atoms with Gasteiger partial charge in [-0.15, -0.1) is 13.2 Å². The number of halogens is 3. The Hall–Kier alpha value is -3.94. The van der Waals surface area contributed by atoms with Crippen LogP contribution in [0.3, 0.4) is 0 Å². The topological polar surface area (TPSA) is 116 Å². The van der Waals surface area contributed by atoms with Gasteiger partial charge in [0, 0.05) is 44.0 Å². The first-order chi connectivity index (χ1) is 19.9. The minimum Gasteiger partial charge on any atom is -0.478 e. The summed E-state index contributed by atoms with van der Waals surface area (Å²) < 4.78 is 69.5. The number of carboxylic acids is 1. The number of carboxylic acid groups (broad SMARTS) is 1. The molecule has 1 fully saturated rings. The average molecular weight is 606 g/mol. The molecule has 0 spiro atoms. The summed E-state index contributed by atoms with van der Waals surface area (Å²) in [7, 11) is -3.23. The Kier molecular flexibility index (Phi) is 9.54. The molecule has 4 rings (SSSR count). The summed E-state index contributed by atoms with van der Waals surface area (Å²) in [6.07, 6.45) is -4.51. The van der Waals surface area contributed by atoms with E-state index >= 15 is 0 Å². The number of carbonyl (C=O) groups excluding carboxylic acids is 1. The Morgan fingerprint density at radius 3 is 2.17 bits per heavy atom. The van der Waals surface area contributed by atoms with Crippen molar-refractivity contribution in [1.29, 1.82) is 0 Å². The lowest BCUT2D eigenvalue weighted by atomic mass is 9.93. The standard InChI is InChI=1S/C29H30F3N3O6S/c1-2-18-42(39,40)35-16-14-34(15-17-35)19-20-8-10-22(11-9-20)33-27(36)23-12-13-24(41-29(30,31)32)25(26(23)28(37)38)21-6-4-3-5-7-21/h3-13H,2,14-19H2,1H3,(H,33,36)(H,37,38). The highest BCUT2D eigenvalue weighted by atomic mass is 32.2. The van der Waals surface area contributed by atoms with Crippen molar-refractivity contribution >= 4 is 27.6 Å². The van der Waals surface area contributed by atoms with Crippen molar-refractivity contribution in [1.82, 2.24) is 9.21 Å². The molecule has 42 heavy (non-hydrogen) atoms. The molecule has 224 valence electrons. The molecule has 0 aliphatic carbocycles. The third-order valence-corrected chi connectivity index (χ3v) is 8.79. The number of benzene rings is 3. The number of hydrogen-bond acceptors (Lipinski definition) is 6. The zero-order valence-corrected chi connectivity index (χ0v) is 23.5. The number of aromatic carboxylic acids is 1. The van der Waals surface area contributed by atoms with E-state index in [1.807, 2.05) is 6.92 Å². The summed E-state index contributed by atoms with van der Waals surface area (Å²) in [5.41, 5.74) is 0.0764. The van der Waals surface area contributed by atoms with Crippen molar-refractivity contribution in [2.24, 2.45) is 0 Å². The van der Waals surface area contributed by atoms with Crippen LogP contribution in [0, 0.1) is 0 Å². The fraction of sp³-hybridized carbons (Fsp3) is 0.310. The molecule has 0 atom stereocenters. The fourth-order valence-corrected chi connectivity index (χ4v) is 6.29. The molecule has 1 saturated heterocycles. The number of rotatable bonds is 10. The number of carbonyl (C=O) groups is 2. The number of anilines is 1. The molecule has 1 aliphatic rings. The summed E-state index contributed by atoms with van der Waals surface area (Å²) in [5.74, 6) is -3.02. The molecule has 3 aromatic rings. The van der Waals surface area contributed by atoms with E-state index in [0.29, 0.717) is 44.8 Å². The Morgan fingerprint density at radius 1 is 0.952 bits per heavy atom. The summed E-state index contributed by atoms with van der Waals surface area (Å²) in [5, 5.41) is 12.6. The quantitative estimate of drug-likeness (QED) is 0.332. The summed E-state index contributed by atoms with van der Waals surface area (Å²) in [4.78, 5) is 27.6. The first-order valence-corrected chi connectivity index (χ1v) is 14.8. The maximum absolute atomic E-state index is 13.2. The second kappa shape index (κ2) is 12.9. The van der Waals surface area contributed by atoms with Crippen LogP contribution in [0.4, 0.5) is 18.9 Å². The van der Waals surface area contributed by atoms with Crippen LogP contribution in [-0.4, -0.2) is 72.9 Å². The summed E-state index contributed by atoms with van der Waals surface area (Å²) in [6.45, 7) is 4.39. The van der Waals surface area contributed by atoms with E-state index in [9.17, 15) is 36.3 Å². The van der Waals surface area contributed by atoms with E-state index in [1.54, 1.807) is 30.3 Å². The smallest absolute Gasteiger partial charge is 0.478 e. The lowest BCUT2D eigenvalue weighted by molar-refractivity contribution is -0.274. The number of alkyl halides is 3. The highest BCUT2D eigenvalue weighted by Crippen LogP contribution is 2.38. The van der Waals surface area contributed by atoms with Gasteiger partial charge in [0.2, 0.25) is 10.0 Å². The predicted molar refractivity (Wildman–Crippen MR) is 151 cm³/mol. The van der Waals surface area contributed by atoms with E-state index < -0.39 is 39.6 Å². The number of amides is 1. The third kappa shape index (κ3) is 7.66. The van der Waals surface area contributed by atoms with E-state index in [4.69, 9.17) is 0 Å². The van der Waals surface area contributed by atoms with Gasteiger partial charge in [-0.1, -0.05) is 49.4 Å². The van der Waals surface area contributed by atoms with Crippen LogP contribution in [0.1, 0.15) is 39.6 Å². The van der Waals surface area contributed by atoms with Crippen molar-refractivity contribution in [3.8, 4) is 16.9 Å². The fourth-order valence-electron chi connectivity index (χ4n) is 4.80. The number of sulfonamides is 1. The van der Waals surface area contributed by atoms with Crippen molar-refractivity contribution in [3.05, 3.63) is 83.4 Å². The Bertz CT molecular complexity index is 1520. The molecular formula is C29H30F3N3O6S. The minimum absolute atomic E-state index is 0.132. The molecule has 0 unspecified atom stereocenters. The van der Waals surface area contributed by atoms with Gasteiger partial charge in [-0.25, -0.2) is 13.2 Å². The molecule has 3 aromatic carbocycles. The molecule has 1 amide bonds. The van der Waals surface area contributed by atoms with Gasteiger partial charge in [0.1, 0.15) is 5.75 Å². The van der Waals surface area contributed by atoms with Crippen LogP contribution in [-0.2, 0) is 16.6 Å². The number of ether oxygens (including phenoxy) is 1. The predicted octanol–water partition coefficient (Wildman–Crippen LogP) is 5.06. The molecule has 2 N–H and O–H groups in total.